The highest BCUT2D eigenvalue weighted by molar-refractivity contribution is 5.83. The molecule has 2 aromatic rings. The van der Waals surface area contributed by atoms with Crippen LogP contribution in [0.4, 0.5) is 0 Å². The standard InChI is InChI=1S/C19H17N3O2/c20-12-11-19(23)22-21-15-17-8-4-10-18(14-17)24-13-5-9-16-6-2-1-3-7-16/h1-10,14-15H,11,13H2,(H,22,23)/b9-5+,21-15+. The van der Waals surface area contributed by atoms with Gasteiger partial charge in [-0.15, -0.1) is 0 Å². The molecule has 0 radical (unpaired) electrons. The molecule has 0 heterocycles. The van der Waals surface area contributed by atoms with Gasteiger partial charge in [-0.2, -0.15) is 10.4 Å². The van der Waals surface area contributed by atoms with Crippen molar-refractivity contribution in [3.05, 3.63) is 71.8 Å². The molecule has 2 rings (SSSR count). The molecule has 1 N–H and O–H groups in total. The predicted octanol–water partition coefficient (Wildman–Crippen LogP) is 3.14. The summed E-state index contributed by atoms with van der Waals surface area (Å²) in [6, 6.07) is 19.1. The maximum Gasteiger partial charge on any atom is 0.254 e. The van der Waals surface area contributed by atoms with E-state index in [1.807, 2.05) is 66.7 Å². The Morgan fingerprint density at radius 1 is 1.17 bits per heavy atom. The summed E-state index contributed by atoms with van der Waals surface area (Å²) in [5.41, 5.74) is 4.19. The monoisotopic (exact) mass is 319 g/mol. The lowest BCUT2D eigenvalue weighted by molar-refractivity contribution is -0.120. The van der Waals surface area contributed by atoms with Crippen LogP contribution in [0.15, 0.2) is 65.8 Å². The number of carbonyl (C=O) groups is 1. The molecule has 0 aromatic heterocycles. The molecule has 0 saturated carbocycles. The first kappa shape index (κ1) is 17.0. The van der Waals surface area contributed by atoms with Crippen LogP contribution in [-0.4, -0.2) is 18.7 Å². The molecule has 0 aliphatic carbocycles. The molecule has 120 valence electrons. The SMILES string of the molecule is N#CCC(=O)N/N=C/c1cccc(OC/C=C/c2ccccc2)c1. The fraction of sp³-hybridized carbons (Fsp3) is 0.105. The van der Waals surface area contributed by atoms with E-state index in [9.17, 15) is 4.79 Å². The molecule has 2 aromatic carbocycles. The van der Waals surface area contributed by atoms with E-state index in [2.05, 4.69) is 10.5 Å². The van der Waals surface area contributed by atoms with Crippen molar-refractivity contribution in [2.75, 3.05) is 6.61 Å². The molecule has 0 atom stereocenters. The van der Waals surface area contributed by atoms with Crippen molar-refractivity contribution in [1.82, 2.24) is 5.43 Å². The zero-order chi connectivity index (χ0) is 17.0. The van der Waals surface area contributed by atoms with Crippen LogP contribution in [0.2, 0.25) is 0 Å². The quantitative estimate of drug-likeness (QED) is 0.629. The highest BCUT2D eigenvalue weighted by Gasteiger charge is 1.97. The van der Waals surface area contributed by atoms with Crippen LogP contribution in [0.1, 0.15) is 17.5 Å². The van der Waals surface area contributed by atoms with E-state index >= 15 is 0 Å². The average Bonchev–Trinajstić information content (AvgIpc) is 2.60. The average molecular weight is 319 g/mol. The summed E-state index contributed by atoms with van der Waals surface area (Å²) < 4.78 is 5.66. The van der Waals surface area contributed by atoms with Crippen molar-refractivity contribution >= 4 is 18.2 Å². The topological polar surface area (TPSA) is 74.5 Å². The lowest BCUT2D eigenvalue weighted by Crippen LogP contribution is -2.16. The fourth-order valence-corrected chi connectivity index (χ4v) is 1.87. The Hall–Kier alpha value is -3.39. The van der Waals surface area contributed by atoms with Gasteiger partial charge in [-0.05, 0) is 29.3 Å². The van der Waals surface area contributed by atoms with Gasteiger partial charge >= 0.3 is 0 Å². The van der Waals surface area contributed by atoms with Gasteiger partial charge in [0.25, 0.3) is 5.91 Å². The molecule has 1 amide bonds. The molecule has 5 nitrogen and oxygen atoms in total. The molecule has 0 aliphatic heterocycles. The van der Waals surface area contributed by atoms with E-state index in [0.29, 0.717) is 12.4 Å². The molecule has 0 unspecified atom stereocenters. The third-order valence-electron chi connectivity index (χ3n) is 2.96. The molecule has 5 heteroatoms. The van der Waals surface area contributed by atoms with Crippen molar-refractivity contribution in [2.45, 2.75) is 6.42 Å². The maximum atomic E-state index is 11.1. The lowest BCUT2D eigenvalue weighted by Gasteiger charge is -2.04. The van der Waals surface area contributed by atoms with Crippen molar-refractivity contribution in [1.29, 1.82) is 5.26 Å². The van der Waals surface area contributed by atoms with E-state index in [4.69, 9.17) is 10.00 Å². The summed E-state index contributed by atoms with van der Waals surface area (Å²) in [7, 11) is 0. The van der Waals surface area contributed by atoms with Gasteiger partial charge in [0.2, 0.25) is 0 Å². The zero-order valence-electron chi connectivity index (χ0n) is 13.1. The number of nitriles is 1. The zero-order valence-corrected chi connectivity index (χ0v) is 13.1. The smallest absolute Gasteiger partial charge is 0.254 e. The Kier molecular flexibility index (Phi) is 6.78. The number of rotatable bonds is 7. The van der Waals surface area contributed by atoms with Crippen LogP contribution < -0.4 is 10.2 Å². The number of carbonyl (C=O) groups excluding carboxylic acids is 1. The number of nitrogens with one attached hydrogen (secondary N) is 1. The molecule has 0 aliphatic rings. The Balaban J connectivity index is 1.84. The van der Waals surface area contributed by atoms with Crippen LogP contribution in [-0.2, 0) is 4.79 Å². The maximum absolute atomic E-state index is 11.1. The largest absolute Gasteiger partial charge is 0.490 e. The van der Waals surface area contributed by atoms with E-state index in [1.165, 1.54) is 6.21 Å². The summed E-state index contributed by atoms with van der Waals surface area (Å²) in [5, 5.41) is 12.2. The van der Waals surface area contributed by atoms with Gasteiger partial charge < -0.3 is 4.74 Å². The number of benzene rings is 2. The molecule has 0 spiro atoms. The molecule has 0 fully saturated rings. The molecular weight excluding hydrogens is 302 g/mol. The van der Waals surface area contributed by atoms with Crippen LogP contribution in [0, 0.1) is 11.3 Å². The van der Waals surface area contributed by atoms with Crippen LogP contribution in [0.3, 0.4) is 0 Å². The highest BCUT2D eigenvalue weighted by Crippen LogP contribution is 2.12. The van der Waals surface area contributed by atoms with Crippen LogP contribution in [0.25, 0.3) is 6.08 Å². The number of amides is 1. The van der Waals surface area contributed by atoms with Crippen molar-refractivity contribution in [2.24, 2.45) is 5.10 Å². The van der Waals surface area contributed by atoms with Gasteiger partial charge in [-0.3, -0.25) is 4.79 Å². The summed E-state index contributed by atoms with van der Waals surface area (Å²) in [4.78, 5) is 11.1. The van der Waals surface area contributed by atoms with Crippen LogP contribution in [0.5, 0.6) is 5.75 Å². The minimum absolute atomic E-state index is 0.214. The second-order valence-electron chi connectivity index (χ2n) is 4.82. The molecule has 24 heavy (non-hydrogen) atoms. The van der Waals surface area contributed by atoms with E-state index in [-0.39, 0.29) is 6.42 Å². The van der Waals surface area contributed by atoms with Gasteiger partial charge in [0.05, 0.1) is 12.3 Å². The van der Waals surface area contributed by atoms with Gasteiger partial charge in [0.1, 0.15) is 18.8 Å². The second-order valence-corrected chi connectivity index (χ2v) is 4.82. The minimum Gasteiger partial charge on any atom is -0.490 e. The highest BCUT2D eigenvalue weighted by atomic mass is 16.5. The first-order valence-corrected chi connectivity index (χ1v) is 7.41. The van der Waals surface area contributed by atoms with Gasteiger partial charge in [-0.1, -0.05) is 48.5 Å². The number of nitrogens with zero attached hydrogens (tertiary/aromatic N) is 2. The normalized spacial score (nSPS) is 10.6. The third-order valence-corrected chi connectivity index (χ3v) is 2.96. The summed E-state index contributed by atoms with van der Waals surface area (Å²) in [5.74, 6) is 0.271. The predicted molar refractivity (Wildman–Crippen MR) is 93.4 cm³/mol. The van der Waals surface area contributed by atoms with Gasteiger partial charge in [0.15, 0.2) is 0 Å². The summed E-state index contributed by atoms with van der Waals surface area (Å²) in [6.07, 6.45) is 5.23. The molecule has 0 bridgehead atoms. The van der Waals surface area contributed by atoms with Crippen LogP contribution >= 0.6 is 0 Å². The number of ether oxygens (including phenoxy) is 1. The van der Waals surface area contributed by atoms with E-state index in [0.717, 1.165) is 11.1 Å². The first-order valence-electron chi connectivity index (χ1n) is 7.41. The minimum atomic E-state index is -0.438. The van der Waals surface area contributed by atoms with E-state index in [1.54, 1.807) is 6.07 Å². The Morgan fingerprint density at radius 2 is 1.96 bits per heavy atom. The first-order chi connectivity index (χ1) is 11.8. The Bertz CT molecular complexity index is 762. The Labute approximate surface area is 140 Å². The van der Waals surface area contributed by atoms with Gasteiger partial charge in [-0.25, -0.2) is 5.43 Å². The number of hydrogen-bond donors (Lipinski definition) is 1. The summed E-state index contributed by atoms with van der Waals surface area (Å²) >= 11 is 0. The van der Waals surface area contributed by atoms with E-state index < -0.39 is 5.91 Å². The van der Waals surface area contributed by atoms with Crippen molar-refractivity contribution in [3.63, 3.8) is 0 Å². The van der Waals surface area contributed by atoms with Crippen molar-refractivity contribution in [3.8, 4) is 11.8 Å². The molecular formula is C19H17N3O2. The number of hydrazone groups is 1. The Morgan fingerprint density at radius 3 is 2.75 bits per heavy atom. The second kappa shape index (κ2) is 9.59. The fourth-order valence-electron chi connectivity index (χ4n) is 1.87. The third kappa shape index (κ3) is 6.16. The number of hydrogen-bond acceptors (Lipinski definition) is 4. The molecule has 0 saturated heterocycles. The van der Waals surface area contributed by atoms with Gasteiger partial charge in [0, 0.05) is 0 Å². The summed E-state index contributed by atoms with van der Waals surface area (Å²) in [6.45, 7) is 0.453. The lowest BCUT2D eigenvalue weighted by atomic mass is 10.2. The van der Waals surface area contributed by atoms with Crippen molar-refractivity contribution < 1.29 is 9.53 Å².